The van der Waals surface area contributed by atoms with Gasteiger partial charge in [0, 0.05) is 18.7 Å². The third-order valence-corrected chi connectivity index (χ3v) is 5.67. The number of carbonyl (C=O) groups excluding carboxylic acids is 2. The van der Waals surface area contributed by atoms with E-state index in [1.165, 1.54) is 0 Å². The lowest BCUT2D eigenvalue weighted by molar-refractivity contribution is -0.139. The Kier molecular flexibility index (Phi) is 6.30. The van der Waals surface area contributed by atoms with Crippen LogP contribution in [0, 0.1) is 0 Å². The van der Waals surface area contributed by atoms with E-state index in [1.807, 2.05) is 30.0 Å². The van der Waals surface area contributed by atoms with Crippen LogP contribution in [-0.4, -0.2) is 56.2 Å². The minimum atomic E-state index is -0.721. The maximum absolute atomic E-state index is 13.5. The molecule has 0 aliphatic carbocycles. The van der Waals surface area contributed by atoms with Gasteiger partial charge in [-0.05, 0) is 56.5 Å². The predicted molar refractivity (Wildman–Crippen MR) is 117 cm³/mol. The molecule has 0 radical (unpaired) electrons. The lowest BCUT2D eigenvalue weighted by Gasteiger charge is -2.37. The number of ether oxygens (including phenoxy) is 3. The van der Waals surface area contributed by atoms with Gasteiger partial charge in [-0.2, -0.15) is 0 Å². The molecule has 0 bridgehead atoms. The van der Waals surface area contributed by atoms with Gasteiger partial charge in [0.2, 0.25) is 0 Å². The van der Waals surface area contributed by atoms with Gasteiger partial charge in [0.1, 0.15) is 5.75 Å². The Balaban J connectivity index is 1.63. The second-order valence-corrected chi connectivity index (χ2v) is 7.67. The van der Waals surface area contributed by atoms with E-state index in [4.69, 9.17) is 14.2 Å². The minimum absolute atomic E-state index is 0.0590. The zero-order valence-corrected chi connectivity index (χ0v) is 18.0. The van der Waals surface area contributed by atoms with Gasteiger partial charge < -0.3 is 24.0 Å². The van der Waals surface area contributed by atoms with Gasteiger partial charge in [-0.1, -0.05) is 12.1 Å². The molecule has 0 unspecified atom stereocenters. The first kappa shape index (κ1) is 21.0. The molecule has 0 aromatic heterocycles. The number of piperidine rings is 1. The molecule has 0 saturated carbocycles. The summed E-state index contributed by atoms with van der Waals surface area (Å²) in [5, 5.41) is 0. The predicted octanol–water partition coefficient (Wildman–Crippen LogP) is 3.51. The first-order chi connectivity index (χ1) is 15.1. The second-order valence-electron chi connectivity index (χ2n) is 7.67. The van der Waals surface area contributed by atoms with Crippen LogP contribution in [0.1, 0.15) is 36.5 Å². The molecule has 1 fully saturated rings. The van der Waals surface area contributed by atoms with E-state index in [0.717, 1.165) is 32.4 Å². The van der Waals surface area contributed by atoms with E-state index in [1.54, 1.807) is 36.3 Å². The van der Waals surface area contributed by atoms with E-state index in [0.29, 0.717) is 35.1 Å². The highest BCUT2D eigenvalue weighted by molar-refractivity contribution is 6.08. The Bertz CT molecular complexity index is 955. The molecule has 7 nitrogen and oxygen atoms in total. The number of likely N-dealkylation sites (tertiary alicyclic amines) is 1. The average Bonchev–Trinajstić information content (AvgIpc) is 2.83. The average molecular weight is 424 g/mol. The second kappa shape index (κ2) is 9.29. The molecule has 0 N–H and O–H groups in total. The van der Waals surface area contributed by atoms with E-state index in [9.17, 15) is 9.59 Å². The van der Waals surface area contributed by atoms with Crippen molar-refractivity contribution in [3.8, 4) is 17.2 Å². The summed E-state index contributed by atoms with van der Waals surface area (Å²) in [6, 6.07) is 12.5. The van der Waals surface area contributed by atoms with Gasteiger partial charge in [0.15, 0.2) is 17.6 Å². The van der Waals surface area contributed by atoms with Crippen molar-refractivity contribution in [1.29, 1.82) is 0 Å². The Labute approximate surface area is 182 Å². The highest BCUT2D eigenvalue weighted by Gasteiger charge is 2.36. The highest BCUT2D eigenvalue weighted by Crippen LogP contribution is 2.36. The van der Waals surface area contributed by atoms with Crippen LogP contribution in [0.2, 0.25) is 0 Å². The van der Waals surface area contributed by atoms with Crippen LogP contribution in [0.3, 0.4) is 0 Å². The summed E-state index contributed by atoms with van der Waals surface area (Å²) < 4.78 is 17.0. The maximum atomic E-state index is 13.5. The molecule has 7 heteroatoms. The number of para-hydroxylation sites is 2. The lowest BCUT2D eigenvalue weighted by atomic mass is 10.1. The molecule has 2 heterocycles. The quantitative estimate of drug-likeness (QED) is 0.735. The zero-order valence-electron chi connectivity index (χ0n) is 18.0. The first-order valence-corrected chi connectivity index (χ1v) is 10.8. The number of hydrogen-bond donors (Lipinski definition) is 0. The van der Waals surface area contributed by atoms with Crippen molar-refractivity contribution in [2.45, 2.75) is 32.3 Å². The minimum Gasteiger partial charge on any atom is -0.493 e. The SMILES string of the molecule is CCOc1ccc(C(=O)N2C[C@H](C(=O)N3CCCCC3)Oc3ccccc32)cc1OC. The lowest BCUT2D eigenvalue weighted by Crippen LogP contribution is -2.52. The summed E-state index contributed by atoms with van der Waals surface area (Å²) in [7, 11) is 1.55. The van der Waals surface area contributed by atoms with Crippen molar-refractivity contribution in [3.05, 3.63) is 48.0 Å². The molecule has 31 heavy (non-hydrogen) atoms. The zero-order chi connectivity index (χ0) is 21.8. The number of anilines is 1. The smallest absolute Gasteiger partial charge is 0.265 e. The highest BCUT2D eigenvalue weighted by atomic mass is 16.5. The fraction of sp³-hybridized carbons (Fsp3) is 0.417. The summed E-state index contributed by atoms with van der Waals surface area (Å²) in [4.78, 5) is 30.1. The molecule has 0 spiro atoms. The van der Waals surface area contributed by atoms with Crippen molar-refractivity contribution >= 4 is 17.5 Å². The van der Waals surface area contributed by atoms with Crippen molar-refractivity contribution in [2.75, 3.05) is 38.3 Å². The number of benzene rings is 2. The number of nitrogens with zero attached hydrogens (tertiary/aromatic N) is 2. The molecule has 1 saturated heterocycles. The maximum Gasteiger partial charge on any atom is 0.265 e. The molecular weight excluding hydrogens is 396 g/mol. The van der Waals surface area contributed by atoms with Crippen LogP contribution in [0.4, 0.5) is 5.69 Å². The number of amides is 2. The van der Waals surface area contributed by atoms with Crippen molar-refractivity contribution in [1.82, 2.24) is 4.90 Å². The van der Waals surface area contributed by atoms with E-state index < -0.39 is 6.10 Å². The van der Waals surface area contributed by atoms with Crippen molar-refractivity contribution in [3.63, 3.8) is 0 Å². The number of fused-ring (bicyclic) bond motifs is 1. The number of carbonyl (C=O) groups is 2. The molecule has 4 rings (SSSR count). The van der Waals surface area contributed by atoms with E-state index >= 15 is 0 Å². The third-order valence-electron chi connectivity index (χ3n) is 5.67. The van der Waals surface area contributed by atoms with Gasteiger partial charge in [-0.15, -0.1) is 0 Å². The monoisotopic (exact) mass is 424 g/mol. The molecule has 164 valence electrons. The molecule has 2 aliphatic heterocycles. The number of hydrogen-bond acceptors (Lipinski definition) is 5. The normalized spacial score (nSPS) is 18.1. The topological polar surface area (TPSA) is 68.3 Å². The summed E-state index contributed by atoms with van der Waals surface area (Å²) in [6.45, 7) is 4.04. The fourth-order valence-electron chi connectivity index (χ4n) is 4.10. The number of methoxy groups -OCH3 is 1. The van der Waals surface area contributed by atoms with Gasteiger partial charge in [0.25, 0.3) is 11.8 Å². The standard InChI is InChI=1S/C24H28N2O5/c1-3-30-20-12-11-17(15-21(20)29-2)23(27)26-16-22(24(28)25-13-7-4-8-14-25)31-19-10-6-5-9-18(19)26/h5-6,9-12,15,22H,3-4,7-8,13-14,16H2,1-2H3/t22-/m1/s1. The first-order valence-electron chi connectivity index (χ1n) is 10.8. The van der Waals surface area contributed by atoms with Crippen LogP contribution in [0.25, 0.3) is 0 Å². The molecule has 2 amide bonds. The summed E-state index contributed by atoms with van der Waals surface area (Å²) in [6.07, 6.45) is 2.43. The molecular formula is C24H28N2O5. The molecule has 2 aliphatic rings. The van der Waals surface area contributed by atoms with E-state index in [2.05, 4.69) is 0 Å². The van der Waals surface area contributed by atoms with Crippen LogP contribution in [0.15, 0.2) is 42.5 Å². The fourth-order valence-corrected chi connectivity index (χ4v) is 4.10. The molecule has 2 aromatic carbocycles. The molecule has 1 atom stereocenters. The Hall–Kier alpha value is -3.22. The van der Waals surface area contributed by atoms with Crippen molar-refractivity contribution in [2.24, 2.45) is 0 Å². The van der Waals surface area contributed by atoms with Gasteiger partial charge in [-0.25, -0.2) is 0 Å². The van der Waals surface area contributed by atoms with Crippen LogP contribution < -0.4 is 19.1 Å². The largest absolute Gasteiger partial charge is 0.493 e. The van der Waals surface area contributed by atoms with Crippen LogP contribution in [0.5, 0.6) is 17.2 Å². The number of rotatable bonds is 5. The Morgan fingerprint density at radius 2 is 1.84 bits per heavy atom. The van der Waals surface area contributed by atoms with Gasteiger partial charge >= 0.3 is 0 Å². The van der Waals surface area contributed by atoms with Crippen molar-refractivity contribution < 1.29 is 23.8 Å². The van der Waals surface area contributed by atoms with Gasteiger partial charge in [0.05, 0.1) is 25.9 Å². The van der Waals surface area contributed by atoms with Crippen LogP contribution >= 0.6 is 0 Å². The summed E-state index contributed by atoms with van der Waals surface area (Å²) in [5.41, 5.74) is 1.12. The third kappa shape index (κ3) is 4.31. The molecule has 2 aromatic rings. The van der Waals surface area contributed by atoms with Crippen LogP contribution in [-0.2, 0) is 4.79 Å². The Morgan fingerprint density at radius 1 is 1.06 bits per heavy atom. The summed E-state index contributed by atoms with van der Waals surface area (Å²) in [5.74, 6) is 1.34. The Morgan fingerprint density at radius 3 is 2.58 bits per heavy atom. The van der Waals surface area contributed by atoms with E-state index in [-0.39, 0.29) is 18.4 Å². The van der Waals surface area contributed by atoms with Gasteiger partial charge in [-0.3, -0.25) is 9.59 Å². The summed E-state index contributed by atoms with van der Waals surface area (Å²) >= 11 is 0.